The SMILES string of the molecule is Cc1cc(Cl)ccc1OC(C)C(=O)NC(C)C1CC1. The first-order chi connectivity index (χ1) is 8.97. The molecule has 1 amide bonds. The first-order valence-electron chi connectivity index (χ1n) is 6.70. The summed E-state index contributed by atoms with van der Waals surface area (Å²) >= 11 is 5.89. The second-order valence-corrected chi connectivity index (χ2v) is 5.74. The summed E-state index contributed by atoms with van der Waals surface area (Å²) in [5, 5.41) is 3.67. The Balaban J connectivity index is 1.91. The Morgan fingerprint density at radius 2 is 2.11 bits per heavy atom. The molecule has 0 saturated heterocycles. The largest absolute Gasteiger partial charge is 0.481 e. The molecule has 1 fully saturated rings. The van der Waals surface area contributed by atoms with Gasteiger partial charge in [0, 0.05) is 11.1 Å². The smallest absolute Gasteiger partial charge is 0.260 e. The number of aryl methyl sites for hydroxylation is 1. The van der Waals surface area contributed by atoms with E-state index in [1.165, 1.54) is 12.8 Å². The van der Waals surface area contributed by atoms with E-state index in [4.69, 9.17) is 16.3 Å². The maximum Gasteiger partial charge on any atom is 0.260 e. The zero-order valence-electron chi connectivity index (χ0n) is 11.6. The van der Waals surface area contributed by atoms with Crippen molar-refractivity contribution < 1.29 is 9.53 Å². The van der Waals surface area contributed by atoms with Gasteiger partial charge in [-0.2, -0.15) is 0 Å². The van der Waals surface area contributed by atoms with Crippen molar-refractivity contribution in [3.63, 3.8) is 0 Å². The minimum absolute atomic E-state index is 0.0613. The quantitative estimate of drug-likeness (QED) is 0.899. The number of nitrogens with one attached hydrogen (secondary N) is 1. The number of hydrogen-bond donors (Lipinski definition) is 1. The van der Waals surface area contributed by atoms with E-state index < -0.39 is 6.10 Å². The molecule has 1 N–H and O–H groups in total. The van der Waals surface area contributed by atoms with Crippen molar-refractivity contribution in [3.05, 3.63) is 28.8 Å². The van der Waals surface area contributed by atoms with Gasteiger partial charge in [0.2, 0.25) is 0 Å². The number of amides is 1. The summed E-state index contributed by atoms with van der Waals surface area (Å²) in [6.45, 7) is 5.73. The maximum atomic E-state index is 12.0. The molecule has 0 bridgehead atoms. The summed E-state index contributed by atoms with van der Waals surface area (Å²) in [7, 11) is 0. The summed E-state index contributed by atoms with van der Waals surface area (Å²) in [4.78, 5) is 12.0. The minimum atomic E-state index is -0.499. The van der Waals surface area contributed by atoms with Crippen LogP contribution in [-0.4, -0.2) is 18.1 Å². The van der Waals surface area contributed by atoms with Crippen molar-refractivity contribution in [3.8, 4) is 5.75 Å². The third-order valence-corrected chi connectivity index (χ3v) is 3.74. The second kappa shape index (κ2) is 5.83. The van der Waals surface area contributed by atoms with Crippen molar-refractivity contribution in [2.45, 2.75) is 45.8 Å². The third-order valence-electron chi connectivity index (χ3n) is 3.51. The van der Waals surface area contributed by atoms with Crippen molar-refractivity contribution in [2.75, 3.05) is 0 Å². The van der Waals surface area contributed by atoms with E-state index in [2.05, 4.69) is 12.2 Å². The lowest BCUT2D eigenvalue weighted by atomic mass is 10.2. The van der Waals surface area contributed by atoms with Crippen LogP contribution in [0.4, 0.5) is 0 Å². The number of ether oxygens (including phenoxy) is 1. The number of halogens is 1. The highest BCUT2D eigenvalue weighted by Crippen LogP contribution is 2.32. The molecule has 1 aromatic rings. The Morgan fingerprint density at radius 3 is 2.68 bits per heavy atom. The van der Waals surface area contributed by atoms with Gasteiger partial charge < -0.3 is 10.1 Å². The van der Waals surface area contributed by atoms with Gasteiger partial charge in [-0.15, -0.1) is 0 Å². The fourth-order valence-corrected chi connectivity index (χ4v) is 2.27. The van der Waals surface area contributed by atoms with Gasteiger partial charge in [-0.3, -0.25) is 4.79 Å². The van der Waals surface area contributed by atoms with E-state index in [9.17, 15) is 4.79 Å². The molecule has 1 aliphatic carbocycles. The molecular weight excluding hydrogens is 262 g/mol. The number of benzene rings is 1. The zero-order valence-corrected chi connectivity index (χ0v) is 12.3. The number of carbonyl (C=O) groups excluding carboxylic acids is 1. The minimum Gasteiger partial charge on any atom is -0.481 e. The monoisotopic (exact) mass is 281 g/mol. The average molecular weight is 282 g/mol. The lowest BCUT2D eigenvalue weighted by Crippen LogP contribution is -2.42. The predicted molar refractivity (Wildman–Crippen MR) is 76.6 cm³/mol. The first kappa shape index (κ1) is 14.2. The molecule has 2 unspecified atom stereocenters. The standard InChI is InChI=1S/C15H20ClNO2/c1-9-8-13(16)6-7-14(9)19-11(3)15(18)17-10(2)12-4-5-12/h6-8,10-12H,4-5H2,1-3H3,(H,17,18). The maximum absolute atomic E-state index is 12.0. The Kier molecular flexibility index (Phi) is 4.35. The molecule has 1 saturated carbocycles. The molecule has 1 aromatic carbocycles. The van der Waals surface area contributed by atoms with Crippen LogP contribution >= 0.6 is 11.6 Å². The van der Waals surface area contributed by atoms with Gasteiger partial charge in [0.25, 0.3) is 5.91 Å². The molecule has 2 rings (SSSR count). The highest BCUT2D eigenvalue weighted by molar-refractivity contribution is 6.30. The van der Waals surface area contributed by atoms with Gasteiger partial charge in [-0.05, 0) is 63.3 Å². The lowest BCUT2D eigenvalue weighted by molar-refractivity contribution is -0.128. The van der Waals surface area contributed by atoms with E-state index in [0.717, 1.165) is 5.56 Å². The fraction of sp³-hybridized carbons (Fsp3) is 0.533. The van der Waals surface area contributed by atoms with Crippen LogP contribution < -0.4 is 10.1 Å². The second-order valence-electron chi connectivity index (χ2n) is 5.30. The average Bonchev–Trinajstić information content (AvgIpc) is 3.16. The van der Waals surface area contributed by atoms with Gasteiger partial charge in [-0.25, -0.2) is 0 Å². The van der Waals surface area contributed by atoms with E-state index in [0.29, 0.717) is 16.7 Å². The summed E-state index contributed by atoms with van der Waals surface area (Å²) in [5.41, 5.74) is 0.933. The highest BCUT2D eigenvalue weighted by atomic mass is 35.5. The Hall–Kier alpha value is -1.22. The Bertz CT molecular complexity index is 471. The van der Waals surface area contributed by atoms with Gasteiger partial charge in [-0.1, -0.05) is 11.6 Å². The van der Waals surface area contributed by atoms with Crippen LogP contribution in [0.1, 0.15) is 32.3 Å². The van der Waals surface area contributed by atoms with Gasteiger partial charge >= 0.3 is 0 Å². The van der Waals surface area contributed by atoms with Gasteiger partial charge in [0.1, 0.15) is 5.75 Å². The molecule has 0 aliphatic heterocycles. The van der Waals surface area contributed by atoms with Crippen LogP contribution in [0, 0.1) is 12.8 Å². The summed E-state index contributed by atoms with van der Waals surface area (Å²) in [6, 6.07) is 5.63. The first-order valence-corrected chi connectivity index (χ1v) is 7.08. The number of hydrogen-bond acceptors (Lipinski definition) is 2. The van der Waals surface area contributed by atoms with E-state index in [-0.39, 0.29) is 11.9 Å². The lowest BCUT2D eigenvalue weighted by Gasteiger charge is -2.19. The molecule has 0 radical (unpaired) electrons. The van der Waals surface area contributed by atoms with Crippen molar-refractivity contribution in [1.29, 1.82) is 0 Å². The van der Waals surface area contributed by atoms with E-state index in [1.54, 1.807) is 19.1 Å². The third kappa shape index (κ3) is 3.87. The summed E-state index contributed by atoms with van der Waals surface area (Å²) < 4.78 is 5.69. The van der Waals surface area contributed by atoms with Crippen LogP contribution in [0.2, 0.25) is 5.02 Å². The zero-order chi connectivity index (χ0) is 14.0. The molecule has 104 valence electrons. The van der Waals surface area contributed by atoms with Crippen LogP contribution in [0.5, 0.6) is 5.75 Å². The summed E-state index contributed by atoms with van der Waals surface area (Å²) in [6.07, 6.45) is 1.93. The van der Waals surface area contributed by atoms with Crippen molar-refractivity contribution in [1.82, 2.24) is 5.32 Å². The molecule has 1 aliphatic rings. The van der Waals surface area contributed by atoms with E-state index in [1.807, 2.05) is 13.0 Å². The summed E-state index contributed by atoms with van der Waals surface area (Å²) in [5.74, 6) is 1.29. The molecule has 4 heteroatoms. The van der Waals surface area contributed by atoms with Gasteiger partial charge in [0.05, 0.1) is 0 Å². The van der Waals surface area contributed by atoms with Crippen molar-refractivity contribution >= 4 is 17.5 Å². The molecular formula is C15H20ClNO2. The van der Waals surface area contributed by atoms with Crippen LogP contribution in [-0.2, 0) is 4.79 Å². The molecule has 0 aromatic heterocycles. The molecule has 19 heavy (non-hydrogen) atoms. The van der Waals surface area contributed by atoms with Gasteiger partial charge in [0.15, 0.2) is 6.10 Å². The highest BCUT2D eigenvalue weighted by Gasteiger charge is 2.30. The van der Waals surface area contributed by atoms with Crippen LogP contribution in [0.15, 0.2) is 18.2 Å². The van der Waals surface area contributed by atoms with Crippen LogP contribution in [0.3, 0.4) is 0 Å². The van der Waals surface area contributed by atoms with Crippen LogP contribution in [0.25, 0.3) is 0 Å². The molecule has 3 nitrogen and oxygen atoms in total. The normalized spacial score (nSPS) is 17.7. The fourth-order valence-electron chi connectivity index (χ4n) is 2.04. The Morgan fingerprint density at radius 1 is 1.42 bits per heavy atom. The molecule has 2 atom stereocenters. The topological polar surface area (TPSA) is 38.3 Å². The molecule has 0 spiro atoms. The Labute approximate surface area is 119 Å². The number of carbonyl (C=O) groups is 1. The number of rotatable bonds is 5. The van der Waals surface area contributed by atoms with Crippen molar-refractivity contribution in [2.24, 2.45) is 5.92 Å². The predicted octanol–water partition coefficient (Wildman–Crippen LogP) is 3.33. The molecule has 0 heterocycles. The van der Waals surface area contributed by atoms with E-state index >= 15 is 0 Å².